The monoisotopic (exact) mass is 458 g/mol. The predicted octanol–water partition coefficient (Wildman–Crippen LogP) is 5.16. The number of aryl methyl sites for hydroxylation is 2. The zero-order valence-electron chi connectivity index (χ0n) is 17.3. The molecule has 160 valence electrons. The topological polar surface area (TPSA) is 60.4 Å². The number of unbranched alkanes of at least 4 members (excludes halogenated alkanes) is 1. The Labute approximate surface area is 184 Å². The van der Waals surface area contributed by atoms with Crippen LogP contribution in [-0.4, -0.2) is 44.6 Å². The summed E-state index contributed by atoms with van der Waals surface area (Å²) in [6.45, 7) is 4.98. The maximum absolute atomic E-state index is 13.3. The van der Waals surface area contributed by atoms with Crippen LogP contribution in [0, 0.1) is 19.1 Å². The second-order valence-electron chi connectivity index (χ2n) is 7.92. The van der Waals surface area contributed by atoms with Gasteiger partial charge in [0.15, 0.2) is 0 Å². The van der Waals surface area contributed by atoms with Crippen LogP contribution in [0.1, 0.15) is 29.5 Å². The Bertz CT molecular complexity index is 937. The van der Waals surface area contributed by atoms with Crippen LogP contribution < -0.4 is 0 Å². The van der Waals surface area contributed by atoms with E-state index < -0.39 is 14.7 Å². The van der Waals surface area contributed by atoms with Gasteiger partial charge < -0.3 is 9.85 Å². The molecule has 0 aliphatic rings. The Hall–Kier alpha value is -1.15. The summed E-state index contributed by atoms with van der Waals surface area (Å²) in [4.78, 5) is 0.108. The Balaban J connectivity index is 2.30. The smallest absolute Gasteiger partial charge is 0.243 e. The van der Waals surface area contributed by atoms with Gasteiger partial charge in [0, 0.05) is 13.1 Å². The van der Waals surface area contributed by atoms with E-state index in [0.717, 1.165) is 16.7 Å². The minimum absolute atomic E-state index is 0.108. The van der Waals surface area contributed by atoms with Gasteiger partial charge in [-0.25, -0.2) is 8.42 Å². The van der Waals surface area contributed by atoms with E-state index in [1.54, 1.807) is 14.1 Å². The summed E-state index contributed by atoms with van der Waals surface area (Å²) in [5, 5.41) is 12.3. The molecule has 0 saturated heterocycles. The van der Waals surface area contributed by atoms with Crippen LogP contribution in [-0.2, 0) is 16.6 Å². The molecule has 0 radical (unpaired) electrons. The first kappa shape index (κ1) is 24.1. The van der Waals surface area contributed by atoms with Crippen LogP contribution in [0.3, 0.4) is 0 Å². The zero-order chi connectivity index (χ0) is 21.8. The van der Waals surface area contributed by atoms with Crippen LogP contribution >= 0.6 is 23.2 Å². The highest BCUT2D eigenvalue weighted by atomic mass is 35.5. The van der Waals surface area contributed by atoms with Gasteiger partial charge in [-0.3, -0.25) is 0 Å². The Morgan fingerprint density at radius 1 is 0.966 bits per heavy atom. The van der Waals surface area contributed by atoms with Crippen molar-refractivity contribution in [2.75, 3.05) is 27.2 Å². The van der Waals surface area contributed by atoms with Crippen LogP contribution in [0.25, 0.3) is 0 Å². The summed E-state index contributed by atoms with van der Waals surface area (Å²) in [7, 11) is -0.607. The normalized spacial score (nSPS) is 12.6. The molecule has 2 aromatic carbocycles. The zero-order valence-corrected chi connectivity index (χ0v) is 19.6. The van der Waals surface area contributed by atoms with Crippen LogP contribution in [0.5, 0.6) is 0 Å². The molecule has 0 aliphatic carbocycles. The molecule has 0 aliphatic heterocycles. The van der Waals surface area contributed by atoms with Crippen molar-refractivity contribution in [3.05, 3.63) is 68.3 Å². The summed E-state index contributed by atoms with van der Waals surface area (Å²) in [5.74, 6) is 0. The third kappa shape index (κ3) is 7.24. The summed E-state index contributed by atoms with van der Waals surface area (Å²) >= 11 is 12.0. The fourth-order valence-corrected chi connectivity index (χ4v) is 5.07. The van der Waals surface area contributed by atoms with E-state index in [9.17, 15) is 13.6 Å². The number of hydrogen-bond acceptors (Lipinski definition) is 3. The minimum Gasteiger partial charge on any atom is -0.633 e. The second-order valence-corrected chi connectivity index (χ2v) is 10.7. The summed E-state index contributed by atoms with van der Waals surface area (Å²) < 4.78 is 27.7. The molecule has 0 saturated carbocycles. The Kier molecular flexibility index (Phi) is 8.13. The van der Waals surface area contributed by atoms with Gasteiger partial charge in [-0.2, -0.15) is 4.31 Å². The third-order valence-electron chi connectivity index (χ3n) is 4.52. The minimum atomic E-state index is -3.77. The number of rotatable bonds is 9. The molecular formula is C21H28Cl2N2O3S. The van der Waals surface area contributed by atoms with E-state index in [1.807, 2.05) is 26.0 Å². The summed E-state index contributed by atoms with van der Waals surface area (Å²) in [6, 6.07) is 10.4. The molecule has 2 aromatic rings. The molecule has 0 unspecified atom stereocenters. The first-order valence-corrected chi connectivity index (χ1v) is 11.6. The van der Waals surface area contributed by atoms with Crippen molar-refractivity contribution in [3.63, 3.8) is 0 Å². The number of hydrogen-bond donors (Lipinski definition) is 0. The second kappa shape index (κ2) is 9.77. The van der Waals surface area contributed by atoms with E-state index in [4.69, 9.17) is 23.2 Å². The standard InChI is InChI=1S/C21H28Cl2N2O3S/c1-16-11-17(2)13-18(12-16)15-24(9-5-6-10-25(3,4)26)29(27,28)19-7-8-20(22)21(23)14-19/h7-8,11-14H,5-6,9-10,15H2,1-4H3. The number of sulfonamides is 1. The number of nitrogens with zero attached hydrogens (tertiary/aromatic N) is 2. The maximum Gasteiger partial charge on any atom is 0.243 e. The number of quaternary nitrogens is 1. The van der Waals surface area contributed by atoms with Gasteiger partial charge in [-0.1, -0.05) is 52.5 Å². The molecule has 29 heavy (non-hydrogen) atoms. The molecule has 0 amide bonds. The summed E-state index contributed by atoms with van der Waals surface area (Å²) in [6.07, 6.45) is 1.23. The van der Waals surface area contributed by atoms with Crippen molar-refractivity contribution < 1.29 is 13.1 Å². The molecule has 0 bridgehead atoms. The molecule has 0 spiro atoms. The van der Waals surface area contributed by atoms with Gasteiger partial charge in [-0.05, 0) is 50.5 Å². The lowest BCUT2D eigenvalue weighted by Gasteiger charge is -2.34. The van der Waals surface area contributed by atoms with Crippen LogP contribution in [0.4, 0.5) is 0 Å². The lowest BCUT2D eigenvalue weighted by Crippen LogP contribution is -2.35. The largest absolute Gasteiger partial charge is 0.633 e. The number of halogens is 2. The van der Waals surface area contributed by atoms with Crippen LogP contribution in [0.2, 0.25) is 10.0 Å². The first-order chi connectivity index (χ1) is 13.4. The quantitative estimate of drug-likeness (QED) is 0.296. The molecule has 2 rings (SSSR count). The van der Waals surface area contributed by atoms with E-state index in [0.29, 0.717) is 31.0 Å². The van der Waals surface area contributed by atoms with Crippen molar-refractivity contribution >= 4 is 33.2 Å². The van der Waals surface area contributed by atoms with Gasteiger partial charge in [0.05, 0.1) is 35.6 Å². The highest BCUT2D eigenvalue weighted by molar-refractivity contribution is 7.89. The van der Waals surface area contributed by atoms with Crippen LogP contribution in [0.15, 0.2) is 41.3 Å². The fraction of sp³-hybridized carbons (Fsp3) is 0.429. The van der Waals surface area contributed by atoms with E-state index >= 15 is 0 Å². The van der Waals surface area contributed by atoms with Gasteiger partial charge in [0.1, 0.15) is 0 Å². The molecule has 0 fully saturated rings. The van der Waals surface area contributed by atoms with Gasteiger partial charge in [0.2, 0.25) is 10.0 Å². The van der Waals surface area contributed by atoms with E-state index in [2.05, 4.69) is 6.07 Å². The highest BCUT2D eigenvalue weighted by Crippen LogP contribution is 2.27. The van der Waals surface area contributed by atoms with E-state index in [1.165, 1.54) is 22.5 Å². The third-order valence-corrected chi connectivity index (χ3v) is 7.10. The van der Waals surface area contributed by atoms with Crippen molar-refractivity contribution in [2.45, 2.75) is 38.1 Å². The lowest BCUT2D eigenvalue weighted by atomic mass is 10.1. The molecule has 8 heteroatoms. The average Bonchev–Trinajstić information content (AvgIpc) is 2.58. The molecule has 0 N–H and O–H groups in total. The number of hydroxylamine groups is 3. The van der Waals surface area contributed by atoms with Crippen molar-refractivity contribution in [3.8, 4) is 0 Å². The predicted molar refractivity (Wildman–Crippen MR) is 120 cm³/mol. The first-order valence-electron chi connectivity index (χ1n) is 9.45. The average molecular weight is 459 g/mol. The van der Waals surface area contributed by atoms with Crippen molar-refractivity contribution in [1.29, 1.82) is 0 Å². The molecular weight excluding hydrogens is 431 g/mol. The number of benzene rings is 2. The fourth-order valence-electron chi connectivity index (χ4n) is 3.22. The summed E-state index contributed by atoms with van der Waals surface area (Å²) in [5.41, 5.74) is 3.08. The van der Waals surface area contributed by atoms with E-state index in [-0.39, 0.29) is 16.5 Å². The highest BCUT2D eigenvalue weighted by Gasteiger charge is 2.25. The van der Waals surface area contributed by atoms with Gasteiger partial charge in [-0.15, -0.1) is 0 Å². The molecule has 0 heterocycles. The van der Waals surface area contributed by atoms with Crippen molar-refractivity contribution in [2.24, 2.45) is 0 Å². The molecule has 0 atom stereocenters. The van der Waals surface area contributed by atoms with Crippen molar-refractivity contribution in [1.82, 2.24) is 4.31 Å². The lowest BCUT2D eigenvalue weighted by molar-refractivity contribution is -0.840. The molecule has 5 nitrogen and oxygen atoms in total. The maximum atomic E-state index is 13.3. The SMILES string of the molecule is Cc1cc(C)cc(CN(CCCC[N+](C)(C)[O-])S(=O)(=O)c2ccc(Cl)c(Cl)c2)c1. The molecule has 0 aromatic heterocycles. The van der Waals surface area contributed by atoms with Gasteiger partial charge >= 0.3 is 0 Å². The Morgan fingerprint density at radius 3 is 2.14 bits per heavy atom. The Morgan fingerprint density at radius 2 is 1.59 bits per heavy atom. The van der Waals surface area contributed by atoms with Gasteiger partial charge in [0.25, 0.3) is 0 Å².